The zero-order chi connectivity index (χ0) is 17.7. The van der Waals surface area contributed by atoms with Gasteiger partial charge in [-0.05, 0) is 43.9 Å². The molecule has 1 aromatic rings. The van der Waals surface area contributed by atoms with Gasteiger partial charge in [0.1, 0.15) is 0 Å². The second-order valence-corrected chi connectivity index (χ2v) is 7.47. The van der Waals surface area contributed by atoms with Gasteiger partial charge in [0.15, 0.2) is 0 Å². The topological polar surface area (TPSA) is 92.8 Å². The normalized spacial score (nSPS) is 15.2. The van der Waals surface area contributed by atoms with Crippen LogP contribution in [0.25, 0.3) is 0 Å². The number of nitrogens with zero attached hydrogens (tertiary/aromatic N) is 1. The van der Waals surface area contributed by atoms with Crippen LogP contribution in [-0.2, 0) is 19.6 Å². The number of carbonyl (C=O) groups excluding carboxylic acids is 2. The number of nitrogens with one attached hydrogen (secondary N) is 1. The summed E-state index contributed by atoms with van der Waals surface area (Å²) >= 11 is 0. The highest BCUT2D eigenvalue weighted by Gasteiger charge is 2.22. The van der Waals surface area contributed by atoms with Crippen molar-refractivity contribution < 1.29 is 22.7 Å². The summed E-state index contributed by atoms with van der Waals surface area (Å²) in [4.78, 5) is 25.3. The number of amides is 1. The van der Waals surface area contributed by atoms with Gasteiger partial charge in [-0.1, -0.05) is 6.07 Å². The highest BCUT2D eigenvalue weighted by molar-refractivity contribution is 7.89. The number of esters is 1. The monoisotopic (exact) mass is 354 g/mol. The van der Waals surface area contributed by atoms with Crippen LogP contribution in [0.15, 0.2) is 23.1 Å². The Labute approximate surface area is 142 Å². The van der Waals surface area contributed by atoms with Gasteiger partial charge >= 0.3 is 5.97 Å². The summed E-state index contributed by atoms with van der Waals surface area (Å²) in [5, 5.41) is 0. The Bertz CT molecular complexity index is 724. The van der Waals surface area contributed by atoms with Crippen LogP contribution in [0.2, 0.25) is 0 Å². The van der Waals surface area contributed by atoms with Gasteiger partial charge in [-0.15, -0.1) is 0 Å². The van der Waals surface area contributed by atoms with Crippen molar-refractivity contribution >= 4 is 21.9 Å². The van der Waals surface area contributed by atoms with Crippen LogP contribution in [0.4, 0.5) is 0 Å². The Balaban J connectivity index is 2.12. The lowest BCUT2D eigenvalue weighted by atomic mass is 10.1. The number of hydrogen-bond acceptors (Lipinski definition) is 5. The molecule has 1 fully saturated rings. The van der Waals surface area contributed by atoms with E-state index >= 15 is 0 Å². The summed E-state index contributed by atoms with van der Waals surface area (Å²) in [7, 11) is -2.67. The molecule has 8 heteroatoms. The Morgan fingerprint density at radius 1 is 1.21 bits per heavy atom. The van der Waals surface area contributed by atoms with Gasteiger partial charge in [-0.3, -0.25) is 4.79 Å². The molecule has 7 nitrogen and oxygen atoms in total. The van der Waals surface area contributed by atoms with Gasteiger partial charge in [-0.25, -0.2) is 17.9 Å². The van der Waals surface area contributed by atoms with Crippen molar-refractivity contribution in [3.8, 4) is 0 Å². The van der Waals surface area contributed by atoms with E-state index in [1.54, 1.807) is 11.8 Å². The molecular formula is C16H22N2O5S. The molecule has 1 saturated heterocycles. The van der Waals surface area contributed by atoms with Crippen molar-refractivity contribution in [2.24, 2.45) is 0 Å². The Kier molecular flexibility index (Phi) is 5.95. The number of hydrogen-bond donors (Lipinski definition) is 1. The quantitative estimate of drug-likeness (QED) is 0.799. The zero-order valence-electron chi connectivity index (χ0n) is 13.9. The van der Waals surface area contributed by atoms with Crippen molar-refractivity contribution in [2.75, 3.05) is 26.7 Å². The van der Waals surface area contributed by atoms with Crippen molar-refractivity contribution in [2.45, 2.75) is 31.1 Å². The minimum atomic E-state index is -3.89. The largest absolute Gasteiger partial charge is 0.465 e. The predicted molar refractivity (Wildman–Crippen MR) is 88.1 cm³/mol. The molecule has 0 spiro atoms. The van der Waals surface area contributed by atoms with E-state index in [9.17, 15) is 18.0 Å². The molecule has 1 amide bonds. The average Bonchev–Trinajstić information content (AvgIpc) is 2.60. The van der Waals surface area contributed by atoms with E-state index in [1.165, 1.54) is 25.3 Å². The molecule has 0 saturated carbocycles. The van der Waals surface area contributed by atoms with Gasteiger partial charge in [0, 0.05) is 13.1 Å². The van der Waals surface area contributed by atoms with Gasteiger partial charge in [0.2, 0.25) is 15.9 Å². The SMILES string of the molecule is COC(=O)c1ccc(C)c(S(=O)(=O)NCC(=O)N2CCCCC2)c1. The maximum atomic E-state index is 12.5. The molecule has 0 atom stereocenters. The van der Waals surface area contributed by atoms with E-state index in [4.69, 9.17) is 0 Å². The minimum absolute atomic E-state index is 0.0307. The second kappa shape index (κ2) is 7.76. The molecule has 0 bridgehead atoms. The van der Waals surface area contributed by atoms with E-state index in [-0.39, 0.29) is 22.9 Å². The first-order chi connectivity index (χ1) is 11.3. The molecule has 2 rings (SSSR count). The van der Waals surface area contributed by atoms with Crippen LogP contribution in [0.3, 0.4) is 0 Å². The number of methoxy groups -OCH3 is 1. The number of piperidine rings is 1. The van der Waals surface area contributed by atoms with Crippen LogP contribution >= 0.6 is 0 Å². The number of likely N-dealkylation sites (tertiary alicyclic amines) is 1. The third-order valence-corrected chi connectivity index (χ3v) is 5.56. The first-order valence-electron chi connectivity index (χ1n) is 7.81. The predicted octanol–water partition coefficient (Wildman–Crippen LogP) is 1.07. The summed E-state index contributed by atoms with van der Waals surface area (Å²) < 4.78 is 31.9. The fourth-order valence-electron chi connectivity index (χ4n) is 2.62. The van der Waals surface area contributed by atoms with Crippen molar-refractivity contribution in [1.82, 2.24) is 9.62 Å². The zero-order valence-corrected chi connectivity index (χ0v) is 14.7. The molecule has 1 aromatic carbocycles. The average molecular weight is 354 g/mol. The lowest BCUT2D eigenvalue weighted by molar-refractivity contribution is -0.130. The summed E-state index contributed by atoms with van der Waals surface area (Å²) in [6, 6.07) is 4.29. The Morgan fingerprint density at radius 2 is 1.88 bits per heavy atom. The fraction of sp³-hybridized carbons (Fsp3) is 0.500. The van der Waals surface area contributed by atoms with Crippen LogP contribution < -0.4 is 4.72 Å². The molecule has 1 aliphatic heterocycles. The van der Waals surface area contributed by atoms with E-state index in [2.05, 4.69) is 9.46 Å². The minimum Gasteiger partial charge on any atom is -0.465 e. The maximum Gasteiger partial charge on any atom is 0.337 e. The number of carbonyl (C=O) groups is 2. The molecular weight excluding hydrogens is 332 g/mol. The van der Waals surface area contributed by atoms with Crippen molar-refractivity contribution in [1.29, 1.82) is 0 Å². The van der Waals surface area contributed by atoms with E-state index in [0.29, 0.717) is 18.7 Å². The highest BCUT2D eigenvalue weighted by Crippen LogP contribution is 2.18. The summed E-state index contributed by atoms with van der Waals surface area (Å²) in [5.74, 6) is -0.851. The lowest BCUT2D eigenvalue weighted by Gasteiger charge is -2.26. The molecule has 132 valence electrons. The van der Waals surface area contributed by atoms with Crippen LogP contribution in [0, 0.1) is 6.92 Å². The van der Waals surface area contributed by atoms with E-state index in [1.807, 2.05) is 0 Å². The second-order valence-electron chi connectivity index (χ2n) is 5.74. The Morgan fingerprint density at radius 3 is 2.50 bits per heavy atom. The van der Waals surface area contributed by atoms with Crippen molar-refractivity contribution in [3.05, 3.63) is 29.3 Å². The number of benzene rings is 1. The molecule has 1 N–H and O–H groups in total. The highest BCUT2D eigenvalue weighted by atomic mass is 32.2. The van der Waals surface area contributed by atoms with Crippen LogP contribution in [0.1, 0.15) is 35.2 Å². The number of aryl methyl sites for hydroxylation is 1. The van der Waals surface area contributed by atoms with E-state index < -0.39 is 16.0 Å². The van der Waals surface area contributed by atoms with Crippen LogP contribution in [-0.4, -0.2) is 51.9 Å². The number of rotatable bonds is 5. The third kappa shape index (κ3) is 4.33. The molecule has 0 radical (unpaired) electrons. The first kappa shape index (κ1) is 18.4. The molecule has 1 aliphatic rings. The number of ether oxygens (including phenoxy) is 1. The first-order valence-corrected chi connectivity index (χ1v) is 9.30. The van der Waals surface area contributed by atoms with Gasteiger partial charge < -0.3 is 9.64 Å². The van der Waals surface area contributed by atoms with Crippen LogP contribution in [0.5, 0.6) is 0 Å². The molecule has 1 heterocycles. The maximum absolute atomic E-state index is 12.5. The summed E-state index contributed by atoms with van der Waals surface area (Å²) in [5.41, 5.74) is 0.631. The van der Waals surface area contributed by atoms with Crippen molar-refractivity contribution in [3.63, 3.8) is 0 Å². The van der Waals surface area contributed by atoms with Gasteiger partial charge in [0.05, 0.1) is 24.1 Å². The Hall–Kier alpha value is -1.93. The molecule has 24 heavy (non-hydrogen) atoms. The molecule has 0 unspecified atom stereocenters. The number of sulfonamides is 1. The standard InChI is InChI=1S/C16H22N2O5S/c1-12-6-7-13(16(20)23-2)10-14(12)24(21,22)17-11-15(19)18-8-4-3-5-9-18/h6-7,10,17H,3-5,8-9,11H2,1-2H3. The lowest BCUT2D eigenvalue weighted by Crippen LogP contribution is -2.42. The molecule has 0 aliphatic carbocycles. The van der Waals surface area contributed by atoms with E-state index in [0.717, 1.165) is 19.3 Å². The smallest absolute Gasteiger partial charge is 0.337 e. The fourth-order valence-corrected chi connectivity index (χ4v) is 3.87. The van der Waals surface area contributed by atoms with Gasteiger partial charge in [0.25, 0.3) is 0 Å². The third-order valence-electron chi connectivity index (χ3n) is 4.02. The summed E-state index contributed by atoms with van der Waals surface area (Å²) in [6.45, 7) is 2.67. The summed E-state index contributed by atoms with van der Waals surface area (Å²) in [6.07, 6.45) is 2.98. The molecule has 0 aromatic heterocycles. The van der Waals surface area contributed by atoms with Gasteiger partial charge in [-0.2, -0.15) is 0 Å².